The zero-order chi connectivity index (χ0) is 12.4. The van der Waals surface area contributed by atoms with E-state index in [1.54, 1.807) is 24.3 Å². The van der Waals surface area contributed by atoms with Gasteiger partial charge < -0.3 is 4.74 Å². The third kappa shape index (κ3) is 2.99. The van der Waals surface area contributed by atoms with E-state index in [1.165, 1.54) is 0 Å². The fourth-order valence-corrected chi connectivity index (χ4v) is 2.00. The summed E-state index contributed by atoms with van der Waals surface area (Å²) in [4.78, 5) is 0. The van der Waals surface area contributed by atoms with Crippen molar-refractivity contribution in [3.05, 3.63) is 56.5 Å². The molecule has 0 aliphatic heterocycles. The average Bonchev–Trinajstić information content (AvgIpc) is 2.29. The van der Waals surface area contributed by atoms with Crippen molar-refractivity contribution >= 4 is 46.4 Å². The Labute approximate surface area is 119 Å². The van der Waals surface area contributed by atoms with Gasteiger partial charge in [0.1, 0.15) is 11.5 Å². The molecule has 17 heavy (non-hydrogen) atoms. The monoisotopic (exact) mass is 306 g/mol. The van der Waals surface area contributed by atoms with E-state index in [1.807, 2.05) is 12.1 Å². The predicted octanol–water partition coefficient (Wildman–Crippen LogP) is 6.09. The van der Waals surface area contributed by atoms with Crippen LogP contribution in [0.1, 0.15) is 0 Å². The van der Waals surface area contributed by atoms with Gasteiger partial charge in [0.05, 0.1) is 20.1 Å². The molecule has 1 nitrogen and oxygen atoms in total. The Morgan fingerprint density at radius 2 is 1.35 bits per heavy atom. The summed E-state index contributed by atoms with van der Waals surface area (Å²) >= 11 is 23.6. The van der Waals surface area contributed by atoms with E-state index in [9.17, 15) is 0 Å². The van der Waals surface area contributed by atoms with Crippen LogP contribution in [0.4, 0.5) is 0 Å². The molecule has 0 atom stereocenters. The highest BCUT2D eigenvalue weighted by Crippen LogP contribution is 2.37. The molecule has 0 N–H and O–H groups in total. The highest BCUT2D eigenvalue weighted by Gasteiger charge is 2.08. The number of rotatable bonds is 2. The van der Waals surface area contributed by atoms with Gasteiger partial charge in [-0.05, 0) is 12.1 Å². The van der Waals surface area contributed by atoms with Gasteiger partial charge in [0.2, 0.25) is 0 Å². The van der Waals surface area contributed by atoms with Crippen LogP contribution in [0.5, 0.6) is 11.5 Å². The quantitative estimate of drug-likeness (QED) is 0.610. The largest absolute Gasteiger partial charge is 0.456 e. The Bertz CT molecular complexity index is 531. The molecule has 88 valence electrons. The highest BCUT2D eigenvalue weighted by molar-refractivity contribution is 6.48. The van der Waals surface area contributed by atoms with E-state index in [-0.39, 0.29) is 0 Å². The first-order chi connectivity index (χ1) is 8.08. The van der Waals surface area contributed by atoms with Crippen molar-refractivity contribution < 1.29 is 4.74 Å². The average molecular weight is 308 g/mol. The third-order valence-corrected chi connectivity index (χ3v) is 3.53. The zero-order valence-electron chi connectivity index (χ0n) is 8.38. The lowest BCUT2D eigenvalue weighted by Gasteiger charge is -2.09. The van der Waals surface area contributed by atoms with Crippen LogP contribution in [0.2, 0.25) is 20.1 Å². The van der Waals surface area contributed by atoms with Crippen LogP contribution in [0.3, 0.4) is 0 Å². The summed E-state index contributed by atoms with van der Waals surface area (Å²) in [5.41, 5.74) is 0. The van der Waals surface area contributed by atoms with Crippen molar-refractivity contribution in [1.29, 1.82) is 0 Å². The smallest absolute Gasteiger partial charge is 0.146 e. The van der Waals surface area contributed by atoms with Crippen LogP contribution < -0.4 is 4.74 Å². The Morgan fingerprint density at radius 3 is 1.94 bits per heavy atom. The van der Waals surface area contributed by atoms with E-state index in [2.05, 4.69) is 0 Å². The Morgan fingerprint density at radius 1 is 0.765 bits per heavy atom. The Kier molecular flexibility index (Phi) is 4.05. The summed E-state index contributed by atoms with van der Waals surface area (Å²) in [5, 5.41) is 1.48. The van der Waals surface area contributed by atoms with Gasteiger partial charge in [0, 0.05) is 12.1 Å². The van der Waals surface area contributed by atoms with E-state index in [4.69, 9.17) is 51.1 Å². The van der Waals surface area contributed by atoms with Crippen LogP contribution in [0, 0.1) is 0 Å². The van der Waals surface area contributed by atoms with Crippen LogP contribution in [-0.2, 0) is 0 Å². The zero-order valence-corrected chi connectivity index (χ0v) is 11.4. The van der Waals surface area contributed by atoms with Gasteiger partial charge >= 0.3 is 0 Å². The van der Waals surface area contributed by atoms with E-state index >= 15 is 0 Å². The van der Waals surface area contributed by atoms with E-state index in [0.29, 0.717) is 31.6 Å². The minimum Gasteiger partial charge on any atom is -0.456 e. The summed E-state index contributed by atoms with van der Waals surface area (Å²) in [6, 6.07) is 10.3. The summed E-state index contributed by atoms with van der Waals surface area (Å²) in [5.74, 6) is 1.01. The van der Waals surface area contributed by atoms with Crippen LogP contribution in [0.15, 0.2) is 36.4 Å². The first-order valence-corrected chi connectivity index (χ1v) is 6.16. The lowest BCUT2D eigenvalue weighted by Crippen LogP contribution is -1.85. The fourth-order valence-electron chi connectivity index (χ4n) is 1.25. The molecule has 0 amide bonds. The SMILES string of the molecule is Clc1ccccc1Oc1cc(Cl)c(Cl)c(Cl)c1. The second-order valence-electron chi connectivity index (χ2n) is 3.23. The molecule has 5 heteroatoms. The molecule has 0 aromatic heterocycles. The van der Waals surface area contributed by atoms with Gasteiger partial charge in [-0.25, -0.2) is 0 Å². The number of benzene rings is 2. The Balaban J connectivity index is 2.34. The van der Waals surface area contributed by atoms with E-state index in [0.717, 1.165) is 0 Å². The molecule has 0 unspecified atom stereocenters. The maximum absolute atomic E-state index is 5.97. The number of hydrogen-bond acceptors (Lipinski definition) is 1. The second-order valence-corrected chi connectivity index (χ2v) is 4.83. The highest BCUT2D eigenvalue weighted by atomic mass is 35.5. The molecule has 0 bridgehead atoms. The van der Waals surface area contributed by atoms with Crippen molar-refractivity contribution in [2.75, 3.05) is 0 Å². The lowest BCUT2D eigenvalue weighted by atomic mass is 10.3. The van der Waals surface area contributed by atoms with Gasteiger partial charge in [-0.3, -0.25) is 0 Å². The molecule has 0 radical (unpaired) electrons. The van der Waals surface area contributed by atoms with Gasteiger partial charge in [0.15, 0.2) is 0 Å². The summed E-state index contributed by atoms with van der Waals surface area (Å²) in [6.07, 6.45) is 0. The fraction of sp³-hybridized carbons (Fsp3) is 0. The van der Waals surface area contributed by atoms with Gasteiger partial charge in [-0.2, -0.15) is 0 Å². The maximum atomic E-state index is 5.97. The molecule has 0 saturated heterocycles. The molecule has 2 aromatic rings. The first-order valence-electron chi connectivity index (χ1n) is 4.65. The minimum absolute atomic E-state index is 0.305. The molecule has 0 fully saturated rings. The molecule has 0 spiro atoms. The van der Waals surface area contributed by atoms with Crippen molar-refractivity contribution in [1.82, 2.24) is 0 Å². The maximum Gasteiger partial charge on any atom is 0.146 e. The molecule has 0 heterocycles. The van der Waals surface area contributed by atoms with Crippen LogP contribution in [0.25, 0.3) is 0 Å². The molecule has 2 rings (SSSR count). The molecule has 0 aliphatic rings. The summed E-state index contributed by atoms with van der Waals surface area (Å²) in [7, 11) is 0. The molecular weight excluding hydrogens is 302 g/mol. The normalized spacial score (nSPS) is 10.4. The summed E-state index contributed by atoms with van der Waals surface area (Å²) in [6.45, 7) is 0. The van der Waals surface area contributed by atoms with Crippen LogP contribution >= 0.6 is 46.4 Å². The van der Waals surface area contributed by atoms with Gasteiger partial charge in [-0.1, -0.05) is 58.5 Å². The van der Waals surface area contributed by atoms with Crippen molar-refractivity contribution in [3.8, 4) is 11.5 Å². The van der Waals surface area contributed by atoms with E-state index < -0.39 is 0 Å². The van der Waals surface area contributed by atoms with Crippen molar-refractivity contribution in [2.24, 2.45) is 0 Å². The van der Waals surface area contributed by atoms with Crippen LogP contribution in [-0.4, -0.2) is 0 Å². The number of ether oxygens (including phenoxy) is 1. The predicted molar refractivity (Wildman–Crippen MR) is 73.0 cm³/mol. The number of para-hydroxylation sites is 1. The van der Waals surface area contributed by atoms with Crippen molar-refractivity contribution in [3.63, 3.8) is 0 Å². The summed E-state index contributed by atoms with van der Waals surface area (Å²) < 4.78 is 5.57. The molecule has 0 saturated carbocycles. The number of halogens is 4. The van der Waals surface area contributed by atoms with Gasteiger partial charge in [-0.15, -0.1) is 0 Å². The lowest BCUT2D eigenvalue weighted by molar-refractivity contribution is 0.483. The third-order valence-electron chi connectivity index (χ3n) is 2.02. The molecule has 2 aromatic carbocycles. The minimum atomic E-state index is 0.305. The first kappa shape index (κ1) is 12.8. The second kappa shape index (κ2) is 5.36. The number of hydrogen-bond donors (Lipinski definition) is 0. The Hall–Kier alpha value is -0.600. The standard InChI is InChI=1S/C12H6Cl4O/c13-8-3-1-2-4-11(8)17-7-5-9(14)12(16)10(15)6-7/h1-6H. The molecular formula is C12H6Cl4O. The topological polar surface area (TPSA) is 9.23 Å². The van der Waals surface area contributed by atoms with Crippen molar-refractivity contribution in [2.45, 2.75) is 0 Å². The van der Waals surface area contributed by atoms with Gasteiger partial charge in [0.25, 0.3) is 0 Å². The molecule has 0 aliphatic carbocycles.